The van der Waals surface area contributed by atoms with Gasteiger partial charge >= 0.3 is 6.18 Å². The molecule has 0 saturated carbocycles. The first-order chi connectivity index (χ1) is 8.47. The van der Waals surface area contributed by atoms with Crippen molar-refractivity contribution >= 4 is 0 Å². The number of hydrogen-bond acceptors (Lipinski definition) is 3. The number of hydrogen-bond donors (Lipinski definition) is 1. The van der Waals surface area contributed by atoms with E-state index in [1.165, 1.54) is 0 Å². The summed E-state index contributed by atoms with van der Waals surface area (Å²) in [6.07, 6.45) is -2.37. The van der Waals surface area contributed by atoms with Gasteiger partial charge in [-0.3, -0.25) is 0 Å². The average molecular weight is 263 g/mol. The monoisotopic (exact) mass is 263 g/mol. The van der Waals surface area contributed by atoms with E-state index in [4.69, 9.17) is 5.26 Å². The Hall–Kier alpha value is -0.800. The second-order valence-electron chi connectivity index (χ2n) is 4.75. The molecule has 18 heavy (non-hydrogen) atoms. The van der Waals surface area contributed by atoms with Gasteiger partial charge in [0.2, 0.25) is 0 Å². The lowest BCUT2D eigenvalue weighted by Gasteiger charge is -2.19. The van der Waals surface area contributed by atoms with Gasteiger partial charge in [-0.1, -0.05) is 6.92 Å². The van der Waals surface area contributed by atoms with Gasteiger partial charge < -0.3 is 10.2 Å². The summed E-state index contributed by atoms with van der Waals surface area (Å²) >= 11 is 0. The minimum absolute atomic E-state index is 0.0788. The molecule has 0 amide bonds. The van der Waals surface area contributed by atoms with Gasteiger partial charge in [0, 0.05) is 13.1 Å². The Bertz CT molecular complexity index is 285. The lowest BCUT2D eigenvalue weighted by atomic mass is 10.1. The van der Waals surface area contributed by atoms with E-state index in [0.717, 1.165) is 13.0 Å². The molecule has 1 fully saturated rings. The van der Waals surface area contributed by atoms with Crippen molar-refractivity contribution in [3.05, 3.63) is 0 Å². The van der Waals surface area contributed by atoms with Crippen LogP contribution in [-0.2, 0) is 0 Å². The van der Waals surface area contributed by atoms with Crippen molar-refractivity contribution in [2.45, 2.75) is 38.4 Å². The molecule has 1 rings (SSSR count). The third-order valence-electron chi connectivity index (χ3n) is 3.27. The van der Waals surface area contributed by atoms with Crippen LogP contribution in [-0.4, -0.2) is 43.3 Å². The average Bonchev–Trinajstić information content (AvgIpc) is 2.78. The Morgan fingerprint density at radius 3 is 2.72 bits per heavy atom. The second-order valence-corrected chi connectivity index (χ2v) is 4.75. The first-order valence-electron chi connectivity index (χ1n) is 6.39. The summed E-state index contributed by atoms with van der Waals surface area (Å²) in [5.41, 5.74) is 0. The van der Waals surface area contributed by atoms with E-state index in [2.05, 4.69) is 11.4 Å². The lowest BCUT2D eigenvalue weighted by Crippen LogP contribution is -2.34. The van der Waals surface area contributed by atoms with Gasteiger partial charge in [0.05, 0.1) is 18.0 Å². The summed E-state index contributed by atoms with van der Waals surface area (Å²) in [5, 5.41) is 12.0. The van der Waals surface area contributed by atoms with Crippen LogP contribution in [0.3, 0.4) is 0 Å². The topological polar surface area (TPSA) is 39.1 Å². The smallest absolute Gasteiger partial charge is 0.303 e. The fourth-order valence-corrected chi connectivity index (χ4v) is 2.15. The Balaban J connectivity index is 2.27. The van der Waals surface area contributed by atoms with Crippen LogP contribution in [0.5, 0.6) is 0 Å². The molecule has 1 saturated heterocycles. The molecule has 0 radical (unpaired) electrons. The zero-order valence-corrected chi connectivity index (χ0v) is 10.6. The zero-order valence-electron chi connectivity index (χ0n) is 10.6. The maximum Gasteiger partial charge on any atom is 0.393 e. The summed E-state index contributed by atoms with van der Waals surface area (Å²) in [6.45, 7) is 3.90. The Morgan fingerprint density at radius 1 is 1.50 bits per heavy atom. The van der Waals surface area contributed by atoms with Gasteiger partial charge in [0.25, 0.3) is 0 Å². The fraction of sp³-hybridized carbons (Fsp3) is 0.917. The maximum atomic E-state index is 12.5. The standard InChI is InChI=1S/C12H20F3N3/c1-2-5-17-11(8-16)4-7-18-6-3-10(9-18)12(13,14)15/h10-11,17H,2-7,9H2,1H3. The molecule has 2 atom stereocenters. The van der Waals surface area contributed by atoms with Gasteiger partial charge in [0.15, 0.2) is 0 Å². The summed E-state index contributed by atoms with van der Waals surface area (Å²) in [6, 6.07) is 1.89. The van der Waals surface area contributed by atoms with Gasteiger partial charge in [-0.05, 0) is 32.4 Å². The fourth-order valence-electron chi connectivity index (χ4n) is 2.15. The Morgan fingerprint density at radius 2 is 2.22 bits per heavy atom. The van der Waals surface area contributed by atoms with E-state index in [1.807, 2.05) is 6.92 Å². The molecule has 2 unspecified atom stereocenters. The van der Waals surface area contributed by atoms with Crippen molar-refractivity contribution in [2.75, 3.05) is 26.2 Å². The van der Waals surface area contributed by atoms with Crippen LogP contribution in [0.2, 0.25) is 0 Å². The summed E-state index contributed by atoms with van der Waals surface area (Å²) in [5.74, 6) is -1.19. The molecule has 0 aliphatic carbocycles. The molecule has 1 aliphatic rings. The molecule has 3 nitrogen and oxygen atoms in total. The molecule has 0 spiro atoms. The maximum absolute atomic E-state index is 12.5. The van der Waals surface area contributed by atoms with Crippen molar-refractivity contribution in [3.63, 3.8) is 0 Å². The number of nitrogens with zero attached hydrogens (tertiary/aromatic N) is 2. The van der Waals surface area contributed by atoms with E-state index in [9.17, 15) is 13.2 Å². The summed E-state index contributed by atoms with van der Waals surface area (Å²) in [4.78, 5) is 1.80. The minimum atomic E-state index is -4.08. The van der Waals surface area contributed by atoms with E-state index in [0.29, 0.717) is 19.5 Å². The van der Waals surface area contributed by atoms with Crippen LogP contribution in [0, 0.1) is 17.2 Å². The van der Waals surface area contributed by atoms with Crippen LogP contribution in [0.25, 0.3) is 0 Å². The third-order valence-corrected chi connectivity index (χ3v) is 3.27. The molecule has 0 aromatic heterocycles. The number of alkyl halides is 3. The molecule has 1 aliphatic heterocycles. The van der Waals surface area contributed by atoms with Crippen molar-refractivity contribution in [2.24, 2.45) is 5.92 Å². The predicted molar refractivity (Wildman–Crippen MR) is 62.9 cm³/mol. The van der Waals surface area contributed by atoms with Crippen molar-refractivity contribution in [3.8, 4) is 6.07 Å². The van der Waals surface area contributed by atoms with Crippen LogP contribution < -0.4 is 5.32 Å². The molecule has 104 valence electrons. The number of likely N-dealkylation sites (tertiary alicyclic amines) is 1. The first-order valence-corrected chi connectivity index (χ1v) is 6.39. The highest BCUT2D eigenvalue weighted by Gasteiger charge is 2.43. The molecule has 0 aromatic rings. The van der Waals surface area contributed by atoms with Crippen LogP contribution in [0.1, 0.15) is 26.2 Å². The Kier molecular flexibility index (Phi) is 5.89. The quantitative estimate of drug-likeness (QED) is 0.798. The SMILES string of the molecule is CCCNC(C#N)CCN1CCC(C(F)(F)F)C1. The molecule has 0 aromatic carbocycles. The molecular weight excluding hydrogens is 243 g/mol. The molecule has 1 N–H and O–H groups in total. The number of nitriles is 1. The van der Waals surface area contributed by atoms with E-state index in [1.54, 1.807) is 4.90 Å². The zero-order chi connectivity index (χ0) is 13.6. The summed E-state index contributed by atoms with van der Waals surface area (Å²) < 4.78 is 37.4. The van der Waals surface area contributed by atoms with Crippen molar-refractivity contribution in [1.29, 1.82) is 5.26 Å². The first kappa shape index (κ1) is 15.3. The van der Waals surface area contributed by atoms with Crippen molar-refractivity contribution in [1.82, 2.24) is 10.2 Å². The highest BCUT2D eigenvalue weighted by Crippen LogP contribution is 2.33. The number of rotatable bonds is 6. The van der Waals surface area contributed by atoms with Crippen LogP contribution >= 0.6 is 0 Å². The normalized spacial score (nSPS) is 22.9. The van der Waals surface area contributed by atoms with Crippen LogP contribution in [0.4, 0.5) is 13.2 Å². The largest absolute Gasteiger partial charge is 0.393 e. The van der Waals surface area contributed by atoms with Gasteiger partial charge in [-0.25, -0.2) is 0 Å². The van der Waals surface area contributed by atoms with Gasteiger partial charge in [0.1, 0.15) is 0 Å². The van der Waals surface area contributed by atoms with Gasteiger partial charge in [-0.2, -0.15) is 18.4 Å². The molecule has 1 heterocycles. The lowest BCUT2D eigenvalue weighted by molar-refractivity contribution is -0.170. The van der Waals surface area contributed by atoms with E-state index in [-0.39, 0.29) is 19.0 Å². The molecule has 6 heteroatoms. The molecular formula is C12H20F3N3. The number of nitrogens with one attached hydrogen (secondary N) is 1. The Labute approximate surface area is 106 Å². The summed E-state index contributed by atoms with van der Waals surface area (Å²) in [7, 11) is 0. The highest BCUT2D eigenvalue weighted by molar-refractivity contribution is 4.91. The third kappa shape index (κ3) is 4.83. The number of halogens is 3. The second kappa shape index (κ2) is 6.95. The molecule has 0 bridgehead atoms. The van der Waals surface area contributed by atoms with E-state index >= 15 is 0 Å². The minimum Gasteiger partial charge on any atom is -0.303 e. The highest BCUT2D eigenvalue weighted by atomic mass is 19.4. The van der Waals surface area contributed by atoms with Crippen LogP contribution in [0.15, 0.2) is 0 Å². The van der Waals surface area contributed by atoms with Gasteiger partial charge in [-0.15, -0.1) is 0 Å². The van der Waals surface area contributed by atoms with Crippen molar-refractivity contribution < 1.29 is 13.2 Å². The van der Waals surface area contributed by atoms with E-state index < -0.39 is 12.1 Å². The predicted octanol–water partition coefficient (Wildman–Crippen LogP) is 2.15.